The van der Waals surface area contributed by atoms with Crippen LogP contribution in [0.1, 0.15) is 12.5 Å². The Bertz CT molecular complexity index is 424. The van der Waals surface area contributed by atoms with E-state index in [1.54, 1.807) is 6.92 Å². The van der Waals surface area contributed by atoms with Crippen LogP contribution in [0.3, 0.4) is 0 Å². The van der Waals surface area contributed by atoms with Crippen LogP contribution in [-0.2, 0) is 11.3 Å². The van der Waals surface area contributed by atoms with Crippen molar-refractivity contribution in [3.63, 3.8) is 0 Å². The first-order valence-electron chi connectivity index (χ1n) is 5.58. The van der Waals surface area contributed by atoms with Gasteiger partial charge in [0.1, 0.15) is 13.2 Å². The summed E-state index contributed by atoms with van der Waals surface area (Å²) in [7, 11) is 0. The van der Waals surface area contributed by atoms with Crippen molar-refractivity contribution < 1.29 is 14.3 Å². The maximum absolute atomic E-state index is 11.3. The van der Waals surface area contributed by atoms with Crippen LogP contribution in [0.25, 0.3) is 0 Å². The number of rotatable bonds is 3. The van der Waals surface area contributed by atoms with Crippen LogP contribution < -0.4 is 20.5 Å². The fourth-order valence-electron chi connectivity index (χ4n) is 1.55. The molecule has 3 N–H and O–H groups in total. The molecule has 100 valence electrons. The number of carbonyl (C=O) groups is 1. The molecule has 2 rings (SSSR count). The van der Waals surface area contributed by atoms with E-state index in [1.165, 1.54) is 0 Å². The Balaban J connectivity index is 0.00000162. The van der Waals surface area contributed by atoms with Gasteiger partial charge in [-0.05, 0) is 24.6 Å². The normalized spacial score (nSPS) is 14.3. The summed E-state index contributed by atoms with van der Waals surface area (Å²) in [5.74, 6) is 1.31. The molecule has 1 atom stereocenters. The van der Waals surface area contributed by atoms with Crippen molar-refractivity contribution in [3.05, 3.63) is 23.8 Å². The van der Waals surface area contributed by atoms with Gasteiger partial charge >= 0.3 is 0 Å². The third kappa shape index (κ3) is 3.51. The van der Waals surface area contributed by atoms with Crippen molar-refractivity contribution in [3.8, 4) is 11.5 Å². The molecule has 6 heteroatoms. The Morgan fingerprint density at radius 2 is 2.06 bits per heavy atom. The van der Waals surface area contributed by atoms with E-state index in [0.717, 1.165) is 17.1 Å². The molecule has 0 spiro atoms. The summed E-state index contributed by atoms with van der Waals surface area (Å²) in [4.78, 5) is 11.3. The van der Waals surface area contributed by atoms with E-state index in [-0.39, 0.29) is 18.3 Å². The van der Waals surface area contributed by atoms with Gasteiger partial charge in [-0.15, -0.1) is 12.4 Å². The second kappa shape index (κ2) is 6.47. The number of amides is 1. The molecule has 18 heavy (non-hydrogen) atoms. The lowest BCUT2D eigenvalue weighted by Gasteiger charge is -2.19. The highest BCUT2D eigenvalue weighted by Crippen LogP contribution is 2.30. The van der Waals surface area contributed by atoms with Crippen LogP contribution >= 0.6 is 12.4 Å². The minimum absolute atomic E-state index is 0. The lowest BCUT2D eigenvalue weighted by molar-refractivity contribution is -0.122. The standard InChI is InChI=1S/C12H16N2O3.ClH/c1-8(13)12(15)14-7-9-2-3-10-11(6-9)17-5-4-16-10;/h2-3,6,8H,4-5,7,13H2,1H3,(H,14,15);1H/t8-;/m0./s1. The van der Waals surface area contributed by atoms with Gasteiger partial charge in [0.15, 0.2) is 11.5 Å². The first-order valence-corrected chi connectivity index (χ1v) is 5.58. The highest BCUT2D eigenvalue weighted by Gasteiger charge is 2.12. The Kier molecular flexibility index (Phi) is 5.25. The Hall–Kier alpha value is -1.46. The molecule has 0 bridgehead atoms. The number of benzene rings is 1. The van der Waals surface area contributed by atoms with Crippen LogP contribution in [0.2, 0.25) is 0 Å². The molecule has 0 aliphatic carbocycles. The van der Waals surface area contributed by atoms with Crippen molar-refractivity contribution in [1.29, 1.82) is 0 Å². The summed E-state index contributed by atoms with van der Waals surface area (Å²) in [6.07, 6.45) is 0. The van der Waals surface area contributed by atoms with Crippen molar-refractivity contribution in [2.75, 3.05) is 13.2 Å². The molecule has 0 saturated carbocycles. The topological polar surface area (TPSA) is 73.6 Å². The number of nitrogens with two attached hydrogens (primary N) is 1. The van der Waals surface area contributed by atoms with E-state index in [4.69, 9.17) is 15.2 Å². The second-order valence-electron chi connectivity index (χ2n) is 3.98. The fraction of sp³-hybridized carbons (Fsp3) is 0.417. The monoisotopic (exact) mass is 272 g/mol. The second-order valence-corrected chi connectivity index (χ2v) is 3.98. The van der Waals surface area contributed by atoms with E-state index in [1.807, 2.05) is 18.2 Å². The molecule has 0 fully saturated rings. The highest BCUT2D eigenvalue weighted by molar-refractivity contribution is 5.85. The maximum Gasteiger partial charge on any atom is 0.236 e. The molecule has 0 aromatic heterocycles. The SMILES string of the molecule is C[C@H](N)C(=O)NCc1ccc2c(c1)OCCO2.Cl. The van der Waals surface area contributed by atoms with Gasteiger partial charge in [-0.2, -0.15) is 0 Å². The van der Waals surface area contributed by atoms with E-state index in [9.17, 15) is 4.79 Å². The van der Waals surface area contributed by atoms with Crippen molar-refractivity contribution >= 4 is 18.3 Å². The van der Waals surface area contributed by atoms with Crippen molar-refractivity contribution in [1.82, 2.24) is 5.32 Å². The fourth-order valence-corrected chi connectivity index (χ4v) is 1.55. The molecule has 1 aliphatic rings. The zero-order valence-corrected chi connectivity index (χ0v) is 11.0. The molecular formula is C12H17ClN2O3. The Morgan fingerprint density at radius 1 is 1.39 bits per heavy atom. The molecule has 0 saturated heterocycles. The zero-order valence-electron chi connectivity index (χ0n) is 10.1. The largest absolute Gasteiger partial charge is 0.486 e. The quantitative estimate of drug-likeness (QED) is 0.855. The number of nitrogens with one attached hydrogen (secondary N) is 1. The van der Waals surface area contributed by atoms with Crippen LogP contribution in [0.15, 0.2) is 18.2 Å². The van der Waals surface area contributed by atoms with Gasteiger partial charge in [0.25, 0.3) is 0 Å². The molecule has 0 radical (unpaired) electrons. The third-order valence-corrected chi connectivity index (χ3v) is 2.49. The first-order chi connectivity index (χ1) is 8.16. The van der Waals surface area contributed by atoms with Crippen LogP contribution in [0, 0.1) is 0 Å². The summed E-state index contributed by atoms with van der Waals surface area (Å²) in [6, 6.07) is 5.12. The molecule has 1 aromatic rings. The molecule has 5 nitrogen and oxygen atoms in total. The van der Waals surface area contributed by atoms with Crippen LogP contribution in [0.4, 0.5) is 0 Å². The molecule has 1 aromatic carbocycles. The average molecular weight is 273 g/mol. The average Bonchev–Trinajstić information content (AvgIpc) is 2.35. The maximum atomic E-state index is 11.3. The molecule has 1 aliphatic heterocycles. The third-order valence-electron chi connectivity index (χ3n) is 2.49. The molecular weight excluding hydrogens is 256 g/mol. The van der Waals surface area contributed by atoms with Gasteiger partial charge in [-0.1, -0.05) is 6.07 Å². The Morgan fingerprint density at radius 3 is 2.72 bits per heavy atom. The smallest absolute Gasteiger partial charge is 0.236 e. The number of hydrogen-bond donors (Lipinski definition) is 2. The van der Waals surface area contributed by atoms with Gasteiger partial charge in [-0.3, -0.25) is 4.79 Å². The number of halogens is 1. The van der Waals surface area contributed by atoms with Crippen LogP contribution in [0.5, 0.6) is 11.5 Å². The Labute approximate surface area is 112 Å². The van der Waals surface area contributed by atoms with Gasteiger partial charge in [0.05, 0.1) is 6.04 Å². The predicted molar refractivity (Wildman–Crippen MR) is 70.2 cm³/mol. The van der Waals surface area contributed by atoms with Gasteiger partial charge in [-0.25, -0.2) is 0 Å². The lowest BCUT2D eigenvalue weighted by atomic mass is 10.2. The zero-order chi connectivity index (χ0) is 12.3. The number of fused-ring (bicyclic) bond motifs is 1. The molecule has 1 amide bonds. The predicted octanol–water partition coefficient (Wildman–Crippen LogP) is 0.843. The number of ether oxygens (including phenoxy) is 2. The summed E-state index contributed by atoms with van der Waals surface area (Å²) in [5, 5.41) is 2.74. The highest BCUT2D eigenvalue weighted by atomic mass is 35.5. The summed E-state index contributed by atoms with van der Waals surface area (Å²) >= 11 is 0. The minimum Gasteiger partial charge on any atom is -0.486 e. The lowest BCUT2D eigenvalue weighted by Crippen LogP contribution is -2.37. The molecule has 1 heterocycles. The summed E-state index contributed by atoms with van der Waals surface area (Å²) in [6.45, 7) is 3.23. The van der Waals surface area contributed by atoms with E-state index in [2.05, 4.69) is 5.32 Å². The molecule has 0 unspecified atom stereocenters. The summed E-state index contributed by atoms with van der Waals surface area (Å²) < 4.78 is 10.9. The van der Waals surface area contributed by atoms with E-state index in [0.29, 0.717) is 19.8 Å². The van der Waals surface area contributed by atoms with Crippen LogP contribution in [-0.4, -0.2) is 25.2 Å². The van der Waals surface area contributed by atoms with Crippen molar-refractivity contribution in [2.45, 2.75) is 19.5 Å². The van der Waals surface area contributed by atoms with E-state index >= 15 is 0 Å². The minimum atomic E-state index is -0.493. The summed E-state index contributed by atoms with van der Waals surface area (Å²) in [5.41, 5.74) is 6.42. The number of carbonyl (C=O) groups excluding carboxylic acids is 1. The first kappa shape index (κ1) is 14.6. The number of hydrogen-bond acceptors (Lipinski definition) is 4. The van der Waals surface area contributed by atoms with Gasteiger partial charge in [0.2, 0.25) is 5.91 Å². The van der Waals surface area contributed by atoms with Gasteiger partial charge < -0.3 is 20.5 Å². The van der Waals surface area contributed by atoms with Crippen molar-refractivity contribution in [2.24, 2.45) is 5.73 Å². The van der Waals surface area contributed by atoms with Gasteiger partial charge in [0, 0.05) is 6.54 Å². The van der Waals surface area contributed by atoms with E-state index < -0.39 is 6.04 Å².